The van der Waals surface area contributed by atoms with Gasteiger partial charge < -0.3 is 20.1 Å². The van der Waals surface area contributed by atoms with E-state index in [4.69, 9.17) is 9.47 Å². The number of ether oxygens (including phenoxy) is 2. The number of nitrogens with zero attached hydrogens (tertiary/aromatic N) is 1. The number of amides is 1. The van der Waals surface area contributed by atoms with Crippen LogP contribution in [0.25, 0.3) is 0 Å². The molecule has 9 heteroatoms. The van der Waals surface area contributed by atoms with Crippen LogP contribution in [0.2, 0.25) is 0 Å². The Bertz CT molecular complexity index is 1410. The highest BCUT2D eigenvalue weighted by Crippen LogP contribution is 2.26. The number of nitrogens with one attached hydrogen (secondary N) is 2. The molecule has 1 aliphatic rings. The van der Waals surface area contributed by atoms with E-state index in [9.17, 15) is 14.4 Å². The highest BCUT2D eigenvalue weighted by molar-refractivity contribution is 8.14. The highest BCUT2D eigenvalue weighted by atomic mass is 32.2. The minimum absolute atomic E-state index is 0.0165. The van der Waals surface area contributed by atoms with Crippen molar-refractivity contribution in [2.45, 2.75) is 89.7 Å². The third-order valence-electron chi connectivity index (χ3n) is 7.72. The number of pyridine rings is 1. The van der Waals surface area contributed by atoms with Crippen LogP contribution in [-0.4, -0.2) is 58.6 Å². The summed E-state index contributed by atoms with van der Waals surface area (Å²) >= 11 is 1.33. The van der Waals surface area contributed by atoms with E-state index in [2.05, 4.69) is 53.7 Å². The van der Waals surface area contributed by atoms with Gasteiger partial charge in [-0.2, -0.15) is 0 Å². The number of aryl methyl sites for hydroxylation is 3. The first kappa shape index (κ1) is 34.2. The van der Waals surface area contributed by atoms with Gasteiger partial charge in [-0.15, -0.1) is 0 Å². The Morgan fingerprint density at radius 1 is 1.09 bits per heavy atom. The molecular formula is C36H45N3O5S. The largest absolute Gasteiger partial charge is 0.492 e. The molecule has 1 saturated heterocycles. The first-order valence-electron chi connectivity index (χ1n) is 15.9. The maximum atomic E-state index is 13.7. The molecule has 2 heterocycles. The van der Waals surface area contributed by atoms with Gasteiger partial charge in [0.05, 0.1) is 6.10 Å². The predicted octanol–water partition coefficient (Wildman–Crippen LogP) is 6.10. The van der Waals surface area contributed by atoms with Crippen LogP contribution in [0.15, 0.2) is 67.0 Å². The molecule has 45 heavy (non-hydrogen) atoms. The molecule has 3 atom stereocenters. The van der Waals surface area contributed by atoms with Crippen LogP contribution in [0.4, 0.5) is 0 Å². The van der Waals surface area contributed by atoms with Crippen molar-refractivity contribution in [3.8, 4) is 5.75 Å². The summed E-state index contributed by atoms with van der Waals surface area (Å²) in [6.07, 6.45) is 7.42. The summed E-state index contributed by atoms with van der Waals surface area (Å²) in [6.45, 7) is 8.84. The third kappa shape index (κ3) is 10.7. The molecule has 1 fully saturated rings. The summed E-state index contributed by atoms with van der Waals surface area (Å²) in [5.41, 5.74) is 4.37. The summed E-state index contributed by atoms with van der Waals surface area (Å²) in [5.74, 6) is -0.147. The van der Waals surface area contributed by atoms with E-state index < -0.39 is 12.0 Å². The maximum absolute atomic E-state index is 13.7. The first-order valence-corrected chi connectivity index (χ1v) is 16.8. The smallest absolute Gasteiger partial charge is 0.328 e. The molecule has 4 rings (SSSR count). The number of unbranched alkanes of at least 4 members (excludes halogenated alkanes) is 1. The zero-order chi connectivity index (χ0) is 32.2. The summed E-state index contributed by atoms with van der Waals surface area (Å²) in [4.78, 5) is 43.2. The minimum Gasteiger partial charge on any atom is -0.492 e. The Morgan fingerprint density at radius 3 is 2.60 bits per heavy atom. The lowest BCUT2D eigenvalue weighted by Gasteiger charge is -2.20. The molecule has 0 unspecified atom stereocenters. The monoisotopic (exact) mass is 631 g/mol. The van der Waals surface area contributed by atoms with Gasteiger partial charge in [-0.25, -0.2) is 4.79 Å². The second-order valence-corrected chi connectivity index (χ2v) is 13.2. The summed E-state index contributed by atoms with van der Waals surface area (Å²) in [5, 5.41) is 6.57. The fourth-order valence-corrected chi connectivity index (χ4v) is 6.28. The van der Waals surface area contributed by atoms with Gasteiger partial charge in [-0.3, -0.25) is 14.6 Å². The molecule has 0 saturated carbocycles. The zero-order valence-corrected chi connectivity index (χ0v) is 27.5. The third-order valence-corrected chi connectivity index (χ3v) is 8.86. The van der Waals surface area contributed by atoms with Crippen molar-refractivity contribution in [2.24, 2.45) is 0 Å². The molecular weight excluding hydrogens is 586 g/mol. The Balaban J connectivity index is 1.44. The van der Waals surface area contributed by atoms with Crippen molar-refractivity contribution < 1.29 is 23.9 Å². The van der Waals surface area contributed by atoms with Gasteiger partial charge in [0.2, 0.25) is 5.12 Å². The molecule has 1 amide bonds. The average molecular weight is 632 g/mol. The second-order valence-electron chi connectivity index (χ2n) is 11.9. The topological polar surface area (TPSA) is 107 Å². The van der Waals surface area contributed by atoms with Gasteiger partial charge in [0.1, 0.15) is 18.4 Å². The molecule has 0 radical (unpaired) electrons. The van der Waals surface area contributed by atoms with Crippen LogP contribution in [0.3, 0.4) is 0 Å². The molecule has 0 aliphatic carbocycles. The van der Waals surface area contributed by atoms with E-state index >= 15 is 0 Å². The van der Waals surface area contributed by atoms with Gasteiger partial charge in [0, 0.05) is 41.4 Å². The van der Waals surface area contributed by atoms with Crippen molar-refractivity contribution >= 4 is 28.8 Å². The summed E-state index contributed by atoms with van der Waals surface area (Å²) < 4.78 is 11.6. The van der Waals surface area contributed by atoms with Crippen LogP contribution in [0, 0.1) is 6.92 Å². The summed E-state index contributed by atoms with van der Waals surface area (Å²) in [6, 6.07) is 16.9. The molecule has 2 aromatic carbocycles. The van der Waals surface area contributed by atoms with Crippen molar-refractivity contribution in [3.63, 3.8) is 0 Å². The minimum atomic E-state index is -0.721. The number of carbonyl (C=O) groups is 3. The Kier molecular flexibility index (Phi) is 13.0. The predicted molar refractivity (Wildman–Crippen MR) is 179 cm³/mol. The standard InChI is InChI=1S/C36H45N3O5S/c1-5-6-9-33(35(41)44-24(2)3)39-34(40)32-20-30(17-16-27(32)15-14-26-12-10-25(4)11-13-26)43-23-29-19-31(22-38-29)45-36(42)28-8-7-18-37-21-28/h7-8,10-13,16-18,20-21,24,29,31,33,38H,5-6,9,14-15,19,22-23H2,1-4H3,(H,39,40)/t29-,31-,33-/m0/s1. The number of hydrogen-bond acceptors (Lipinski definition) is 8. The van der Waals surface area contributed by atoms with Crippen LogP contribution in [-0.2, 0) is 22.4 Å². The fourth-order valence-electron chi connectivity index (χ4n) is 5.21. The highest BCUT2D eigenvalue weighted by Gasteiger charge is 2.28. The first-order chi connectivity index (χ1) is 21.7. The fraction of sp³-hybridized carbons (Fsp3) is 0.444. The summed E-state index contributed by atoms with van der Waals surface area (Å²) in [7, 11) is 0. The van der Waals surface area contributed by atoms with E-state index in [1.807, 2.05) is 12.1 Å². The molecule has 1 aromatic heterocycles. The normalized spacial score (nSPS) is 16.7. The number of carbonyl (C=O) groups excluding carboxylic acids is 3. The van der Waals surface area contributed by atoms with Crippen molar-refractivity contribution in [3.05, 3.63) is 94.8 Å². The lowest BCUT2D eigenvalue weighted by atomic mass is 9.98. The Hall–Kier alpha value is -3.69. The van der Waals surface area contributed by atoms with Crippen molar-refractivity contribution in [2.75, 3.05) is 13.2 Å². The van der Waals surface area contributed by atoms with Gasteiger partial charge in [-0.1, -0.05) is 67.4 Å². The number of rotatable bonds is 15. The number of aromatic nitrogens is 1. The van der Waals surface area contributed by atoms with E-state index in [1.165, 1.54) is 22.9 Å². The molecule has 0 bridgehead atoms. The molecule has 1 aliphatic heterocycles. The zero-order valence-electron chi connectivity index (χ0n) is 26.7. The molecule has 240 valence electrons. The molecule has 8 nitrogen and oxygen atoms in total. The van der Waals surface area contributed by atoms with E-state index in [1.54, 1.807) is 44.4 Å². The SMILES string of the molecule is CCCC[C@H](NC(=O)c1cc(OC[C@@H]2C[C@H](SC(=O)c3cccnc3)CN2)ccc1CCc1ccc(C)cc1)C(=O)OC(C)C. The molecule has 0 spiro atoms. The van der Waals surface area contributed by atoms with Gasteiger partial charge in [0.25, 0.3) is 5.91 Å². The van der Waals surface area contributed by atoms with E-state index in [0.29, 0.717) is 42.9 Å². The molecule has 2 N–H and O–H groups in total. The van der Waals surface area contributed by atoms with Crippen LogP contribution < -0.4 is 15.4 Å². The van der Waals surface area contributed by atoms with Crippen LogP contribution >= 0.6 is 11.8 Å². The van der Waals surface area contributed by atoms with E-state index in [-0.39, 0.29) is 28.4 Å². The van der Waals surface area contributed by atoms with Crippen molar-refractivity contribution in [1.82, 2.24) is 15.6 Å². The lowest BCUT2D eigenvalue weighted by Crippen LogP contribution is -2.42. The number of thioether (sulfide) groups is 1. The lowest BCUT2D eigenvalue weighted by molar-refractivity contribution is -0.149. The van der Waals surface area contributed by atoms with Crippen molar-refractivity contribution in [1.29, 1.82) is 0 Å². The van der Waals surface area contributed by atoms with Gasteiger partial charge in [0.15, 0.2) is 0 Å². The van der Waals surface area contributed by atoms with Gasteiger partial charge >= 0.3 is 5.97 Å². The number of hydrogen-bond donors (Lipinski definition) is 2. The second kappa shape index (κ2) is 17.1. The number of benzene rings is 2. The number of esters is 1. The molecule has 3 aromatic rings. The van der Waals surface area contributed by atoms with E-state index in [0.717, 1.165) is 31.2 Å². The van der Waals surface area contributed by atoms with Crippen LogP contribution in [0.5, 0.6) is 5.75 Å². The maximum Gasteiger partial charge on any atom is 0.328 e. The quantitative estimate of drug-likeness (QED) is 0.194. The average Bonchev–Trinajstić information content (AvgIpc) is 3.49. The van der Waals surface area contributed by atoms with Gasteiger partial charge in [-0.05, 0) is 81.8 Å². The van der Waals surface area contributed by atoms with Crippen LogP contribution in [0.1, 0.15) is 83.9 Å². The Labute approximate surface area is 271 Å². The Morgan fingerprint density at radius 2 is 1.89 bits per heavy atom.